The van der Waals surface area contributed by atoms with E-state index in [0.29, 0.717) is 6.54 Å². The number of benzene rings is 1. The van der Waals surface area contributed by atoms with E-state index in [4.69, 9.17) is 5.84 Å². The number of anilines is 1. The molecule has 1 fully saturated rings. The molecule has 1 amide bonds. The van der Waals surface area contributed by atoms with Gasteiger partial charge in [-0.3, -0.25) is 20.8 Å². The summed E-state index contributed by atoms with van der Waals surface area (Å²) in [5.41, 5.74) is 2.46. The van der Waals surface area contributed by atoms with Crippen molar-refractivity contribution in [2.24, 2.45) is 5.84 Å². The third-order valence-electron chi connectivity index (χ3n) is 3.42. The Labute approximate surface area is 120 Å². The number of hydrogen-bond donors (Lipinski definition) is 3. The Hall–Kier alpha value is -1.80. The monoisotopic (exact) mass is 296 g/mol. The molecule has 1 aromatic rings. The zero-order valence-electron chi connectivity index (χ0n) is 11.0. The smallest absolute Gasteiger partial charge is 0.294 e. The summed E-state index contributed by atoms with van der Waals surface area (Å²) >= 11 is 1.74. The van der Waals surface area contributed by atoms with Gasteiger partial charge in [-0.15, -0.1) is 0 Å². The van der Waals surface area contributed by atoms with Crippen molar-refractivity contribution in [2.45, 2.75) is 17.6 Å². The van der Waals surface area contributed by atoms with E-state index in [0.717, 1.165) is 12.8 Å². The van der Waals surface area contributed by atoms with E-state index in [1.54, 1.807) is 11.8 Å². The molecule has 0 saturated heterocycles. The second kappa shape index (κ2) is 5.68. The Bertz CT molecular complexity index is 546. The molecular formula is C12H16N4O3S. The molecular weight excluding hydrogens is 280 g/mol. The van der Waals surface area contributed by atoms with Gasteiger partial charge in [-0.25, -0.2) is 0 Å². The van der Waals surface area contributed by atoms with Crippen LogP contribution in [-0.4, -0.2) is 28.4 Å². The molecule has 0 unspecified atom stereocenters. The summed E-state index contributed by atoms with van der Waals surface area (Å²) in [6, 6.07) is 4.16. The summed E-state index contributed by atoms with van der Waals surface area (Å²) in [6.07, 6.45) is 4.20. The number of rotatable bonds is 6. The number of nitrogens with two attached hydrogens (primary N) is 1. The van der Waals surface area contributed by atoms with Crippen LogP contribution in [0.25, 0.3) is 0 Å². The zero-order chi connectivity index (χ0) is 14.8. The number of hydrogen-bond acceptors (Lipinski definition) is 6. The fourth-order valence-corrected chi connectivity index (χ4v) is 2.61. The Morgan fingerprint density at radius 2 is 2.25 bits per heavy atom. The van der Waals surface area contributed by atoms with E-state index >= 15 is 0 Å². The number of carbonyl (C=O) groups excluding carboxylic acids is 1. The van der Waals surface area contributed by atoms with Gasteiger partial charge in [0.2, 0.25) is 0 Å². The first-order valence-electron chi connectivity index (χ1n) is 6.10. The van der Waals surface area contributed by atoms with Gasteiger partial charge in [-0.05, 0) is 31.2 Å². The molecule has 0 radical (unpaired) electrons. The van der Waals surface area contributed by atoms with E-state index in [-0.39, 0.29) is 27.6 Å². The third-order valence-corrected chi connectivity index (χ3v) is 4.84. The molecule has 0 aromatic heterocycles. The lowest BCUT2D eigenvalue weighted by molar-refractivity contribution is -0.384. The Morgan fingerprint density at radius 1 is 1.55 bits per heavy atom. The van der Waals surface area contributed by atoms with Crippen LogP contribution >= 0.6 is 11.8 Å². The van der Waals surface area contributed by atoms with Crippen molar-refractivity contribution in [1.29, 1.82) is 0 Å². The van der Waals surface area contributed by atoms with E-state index in [1.165, 1.54) is 18.2 Å². The standard InChI is InChI=1S/C12H16N4O3S/c1-20-12(4-5-12)7-14-11(17)8-2-3-9(15-13)10(6-8)16(18)19/h2-3,6,15H,4-5,7,13H2,1H3,(H,14,17). The maximum atomic E-state index is 12.0. The van der Waals surface area contributed by atoms with Gasteiger partial charge in [0.05, 0.1) is 4.92 Å². The lowest BCUT2D eigenvalue weighted by Gasteiger charge is -2.13. The molecule has 7 nitrogen and oxygen atoms in total. The highest BCUT2D eigenvalue weighted by Crippen LogP contribution is 2.46. The number of nitro benzene ring substituents is 1. The summed E-state index contributed by atoms with van der Waals surface area (Å²) in [7, 11) is 0. The first-order chi connectivity index (χ1) is 9.51. The first kappa shape index (κ1) is 14.6. The summed E-state index contributed by atoms with van der Waals surface area (Å²) in [5.74, 6) is 4.89. The Kier molecular flexibility index (Phi) is 4.15. The van der Waals surface area contributed by atoms with Crippen molar-refractivity contribution in [2.75, 3.05) is 18.2 Å². The van der Waals surface area contributed by atoms with Crippen molar-refractivity contribution in [3.63, 3.8) is 0 Å². The van der Waals surface area contributed by atoms with Crippen molar-refractivity contribution in [1.82, 2.24) is 5.32 Å². The molecule has 1 saturated carbocycles. The van der Waals surface area contributed by atoms with Crippen LogP contribution in [0.1, 0.15) is 23.2 Å². The largest absolute Gasteiger partial charge is 0.351 e. The fraction of sp³-hybridized carbons (Fsp3) is 0.417. The number of nitrogens with zero attached hydrogens (tertiary/aromatic N) is 1. The minimum absolute atomic E-state index is 0.153. The number of nitro groups is 1. The molecule has 0 heterocycles. The quantitative estimate of drug-likeness (QED) is 0.417. The van der Waals surface area contributed by atoms with Gasteiger partial charge in [0.1, 0.15) is 5.69 Å². The highest BCUT2D eigenvalue weighted by atomic mass is 32.2. The highest BCUT2D eigenvalue weighted by molar-refractivity contribution is 8.00. The SMILES string of the molecule is CSC1(CNC(=O)c2ccc(NN)c([N+](=O)[O-])c2)CC1. The number of nitrogen functional groups attached to an aromatic ring is 1. The van der Waals surface area contributed by atoms with E-state index in [9.17, 15) is 14.9 Å². The average molecular weight is 296 g/mol. The van der Waals surface area contributed by atoms with Gasteiger partial charge in [0.25, 0.3) is 11.6 Å². The van der Waals surface area contributed by atoms with Crippen LogP contribution in [0.5, 0.6) is 0 Å². The minimum Gasteiger partial charge on any atom is -0.351 e. The average Bonchev–Trinajstić information content (AvgIpc) is 3.24. The zero-order valence-corrected chi connectivity index (χ0v) is 11.8. The summed E-state index contributed by atoms with van der Waals surface area (Å²) < 4.78 is 0.153. The van der Waals surface area contributed by atoms with Gasteiger partial charge in [-0.1, -0.05) is 0 Å². The van der Waals surface area contributed by atoms with Crippen LogP contribution in [0.3, 0.4) is 0 Å². The van der Waals surface area contributed by atoms with Gasteiger partial charge in [0, 0.05) is 22.9 Å². The van der Waals surface area contributed by atoms with Crippen LogP contribution < -0.4 is 16.6 Å². The topological polar surface area (TPSA) is 110 Å². The second-order valence-electron chi connectivity index (χ2n) is 4.70. The van der Waals surface area contributed by atoms with Crippen LogP contribution in [-0.2, 0) is 0 Å². The van der Waals surface area contributed by atoms with E-state index in [2.05, 4.69) is 10.7 Å². The van der Waals surface area contributed by atoms with Crippen LogP contribution in [0.2, 0.25) is 0 Å². The van der Waals surface area contributed by atoms with Gasteiger partial charge in [-0.2, -0.15) is 11.8 Å². The van der Waals surface area contributed by atoms with Crippen molar-refractivity contribution in [3.05, 3.63) is 33.9 Å². The third kappa shape index (κ3) is 3.02. The molecule has 0 bridgehead atoms. The molecule has 4 N–H and O–H groups in total. The van der Waals surface area contributed by atoms with Crippen molar-refractivity contribution >= 4 is 29.0 Å². The predicted molar refractivity (Wildman–Crippen MR) is 78.7 cm³/mol. The first-order valence-corrected chi connectivity index (χ1v) is 7.32. The molecule has 1 aromatic carbocycles. The molecule has 1 aliphatic rings. The number of thioether (sulfide) groups is 1. The fourth-order valence-electron chi connectivity index (χ4n) is 1.88. The van der Waals surface area contributed by atoms with E-state index in [1.807, 2.05) is 6.26 Å². The van der Waals surface area contributed by atoms with Gasteiger partial charge in [0.15, 0.2) is 0 Å². The summed E-state index contributed by atoms with van der Waals surface area (Å²) in [4.78, 5) is 22.3. The molecule has 108 valence electrons. The lowest BCUT2D eigenvalue weighted by Crippen LogP contribution is -2.31. The van der Waals surface area contributed by atoms with Crippen molar-refractivity contribution in [3.8, 4) is 0 Å². The molecule has 2 rings (SSSR count). The predicted octanol–water partition coefficient (Wildman–Crippen LogP) is 1.51. The molecule has 20 heavy (non-hydrogen) atoms. The van der Waals surface area contributed by atoms with Crippen LogP contribution in [0.4, 0.5) is 11.4 Å². The maximum Gasteiger partial charge on any atom is 0.294 e. The number of amides is 1. The molecule has 8 heteroatoms. The lowest BCUT2D eigenvalue weighted by atomic mass is 10.1. The van der Waals surface area contributed by atoms with Crippen LogP contribution in [0, 0.1) is 10.1 Å². The normalized spacial score (nSPS) is 15.5. The van der Waals surface area contributed by atoms with Crippen LogP contribution in [0.15, 0.2) is 18.2 Å². The second-order valence-corrected chi connectivity index (χ2v) is 5.98. The number of carbonyl (C=O) groups is 1. The minimum atomic E-state index is -0.573. The summed E-state index contributed by atoms with van der Waals surface area (Å²) in [6.45, 7) is 0.581. The molecule has 1 aliphatic carbocycles. The van der Waals surface area contributed by atoms with Gasteiger partial charge >= 0.3 is 0 Å². The van der Waals surface area contributed by atoms with Crippen molar-refractivity contribution < 1.29 is 9.72 Å². The number of nitrogens with one attached hydrogen (secondary N) is 2. The molecule has 0 aliphatic heterocycles. The summed E-state index contributed by atoms with van der Waals surface area (Å²) in [5, 5.41) is 13.7. The van der Waals surface area contributed by atoms with Gasteiger partial charge < -0.3 is 10.7 Å². The highest BCUT2D eigenvalue weighted by Gasteiger charge is 2.42. The molecule has 0 atom stereocenters. The number of hydrazine groups is 1. The molecule has 0 spiro atoms. The Morgan fingerprint density at radius 3 is 2.75 bits per heavy atom. The van der Waals surface area contributed by atoms with E-state index < -0.39 is 4.92 Å². The Balaban J connectivity index is 2.10. The maximum absolute atomic E-state index is 12.0.